The summed E-state index contributed by atoms with van der Waals surface area (Å²) < 4.78 is 5.74. The van der Waals surface area contributed by atoms with Gasteiger partial charge >= 0.3 is 0 Å². The molecule has 11 heteroatoms. The average Bonchev–Trinajstić information content (AvgIpc) is 3.65. The number of tetrazole rings is 1. The number of fused-ring (bicyclic) bond motifs is 1. The number of hydrogen-bond acceptors (Lipinski definition) is 8. The molecule has 2 aliphatic rings. The molecule has 1 aliphatic heterocycles. The number of hydrogen-bond donors (Lipinski definition) is 3. The van der Waals surface area contributed by atoms with Crippen LogP contribution in [0.4, 0.5) is 5.69 Å². The van der Waals surface area contributed by atoms with Crippen molar-refractivity contribution in [1.82, 2.24) is 31.3 Å². The number of piperidine rings is 1. The summed E-state index contributed by atoms with van der Waals surface area (Å²) >= 11 is 0. The first-order valence-electron chi connectivity index (χ1n) is 13.3. The number of aromatic nitrogens is 4. The van der Waals surface area contributed by atoms with E-state index in [1.165, 1.54) is 0 Å². The molecule has 200 valence electrons. The molecule has 0 radical (unpaired) electrons. The fraction of sp³-hybridized carbons (Fsp3) is 0.357. The minimum absolute atomic E-state index is 0.0883. The molecule has 1 atom stereocenters. The quantitative estimate of drug-likeness (QED) is 0.347. The van der Waals surface area contributed by atoms with Crippen LogP contribution >= 0.6 is 0 Å². The molecule has 2 aromatic carbocycles. The summed E-state index contributed by atoms with van der Waals surface area (Å²) in [6.45, 7) is 0.704. The van der Waals surface area contributed by atoms with Gasteiger partial charge in [0, 0.05) is 23.2 Å². The molecule has 3 N–H and O–H groups in total. The van der Waals surface area contributed by atoms with Gasteiger partial charge < -0.3 is 20.0 Å². The van der Waals surface area contributed by atoms with Crippen molar-refractivity contribution in [2.24, 2.45) is 0 Å². The van der Waals surface area contributed by atoms with E-state index in [0.29, 0.717) is 37.2 Å². The second-order valence-corrected chi connectivity index (χ2v) is 10.2. The number of nitrogens with zero attached hydrogens (tertiary/aromatic N) is 4. The second-order valence-electron chi connectivity index (χ2n) is 10.2. The molecular weight excluding hydrogens is 498 g/mol. The highest BCUT2D eigenvalue weighted by atomic mass is 16.3. The van der Waals surface area contributed by atoms with E-state index in [2.05, 4.69) is 31.3 Å². The van der Waals surface area contributed by atoms with Gasteiger partial charge in [-0.1, -0.05) is 49.6 Å². The summed E-state index contributed by atoms with van der Waals surface area (Å²) in [5.41, 5.74) is 1.17. The van der Waals surface area contributed by atoms with Crippen LogP contribution in [0, 0.1) is 0 Å². The zero-order valence-electron chi connectivity index (χ0n) is 21.4. The number of aromatic amines is 1. The summed E-state index contributed by atoms with van der Waals surface area (Å²) in [7, 11) is 0. The van der Waals surface area contributed by atoms with Gasteiger partial charge in [-0.3, -0.25) is 14.4 Å². The zero-order chi connectivity index (χ0) is 26.8. The molecule has 2 amide bonds. The number of carbonyl (C=O) groups excluding carboxylic acids is 3. The zero-order valence-corrected chi connectivity index (χ0v) is 21.4. The smallest absolute Gasteiger partial charge is 0.287 e. The number of benzene rings is 2. The van der Waals surface area contributed by atoms with Crippen LogP contribution in [0.3, 0.4) is 0 Å². The molecule has 1 unspecified atom stereocenters. The standard InChI is InChI=1S/C28H29N7O4/c36-22-17-35(21-10-4-3-9-19(21)25-31-33-34-32-25)15-12-20(22)29-27(38)28(13-6-1-7-14-28)30-26(37)24-16-18-8-2-5-11-23(18)39-24/h2-5,8-11,16,20H,1,6-7,12-15,17H2,(H,29,38)(H,30,37)(H,31,32,33,34). The number of para-hydroxylation sites is 2. The van der Waals surface area contributed by atoms with Crippen LogP contribution in [-0.2, 0) is 9.59 Å². The molecule has 0 spiro atoms. The van der Waals surface area contributed by atoms with Crippen molar-refractivity contribution in [3.05, 3.63) is 60.4 Å². The van der Waals surface area contributed by atoms with E-state index < -0.39 is 17.5 Å². The highest BCUT2D eigenvalue weighted by Gasteiger charge is 2.43. The Morgan fingerprint density at radius 3 is 2.62 bits per heavy atom. The number of nitrogens with one attached hydrogen (secondary N) is 3. The molecule has 11 nitrogen and oxygen atoms in total. The molecule has 3 heterocycles. The van der Waals surface area contributed by atoms with E-state index in [4.69, 9.17) is 4.42 Å². The van der Waals surface area contributed by atoms with Gasteiger partial charge in [0.1, 0.15) is 11.1 Å². The van der Waals surface area contributed by atoms with Crippen molar-refractivity contribution in [3.8, 4) is 11.4 Å². The van der Waals surface area contributed by atoms with Crippen LogP contribution in [0.1, 0.15) is 49.1 Å². The Balaban J connectivity index is 1.15. The maximum Gasteiger partial charge on any atom is 0.287 e. The topological polar surface area (TPSA) is 146 Å². The molecule has 1 saturated heterocycles. The van der Waals surface area contributed by atoms with E-state index >= 15 is 0 Å². The maximum atomic E-state index is 13.7. The largest absolute Gasteiger partial charge is 0.451 e. The number of rotatable bonds is 6. The highest BCUT2D eigenvalue weighted by molar-refractivity contribution is 6.01. The van der Waals surface area contributed by atoms with E-state index in [1.54, 1.807) is 12.1 Å². The van der Waals surface area contributed by atoms with Gasteiger partial charge in [0.05, 0.1) is 12.6 Å². The number of furan rings is 1. The van der Waals surface area contributed by atoms with Crippen molar-refractivity contribution in [2.45, 2.75) is 50.1 Å². The van der Waals surface area contributed by atoms with Gasteiger partial charge in [-0.15, -0.1) is 5.10 Å². The number of H-pyrrole nitrogens is 1. The number of amides is 2. The molecule has 6 rings (SSSR count). The van der Waals surface area contributed by atoms with E-state index in [-0.39, 0.29) is 24.0 Å². The van der Waals surface area contributed by atoms with Crippen LogP contribution in [-0.4, -0.2) is 62.9 Å². The van der Waals surface area contributed by atoms with Crippen molar-refractivity contribution in [2.75, 3.05) is 18.0 Å². The third kappa shape index (κ3) is 4.87. The van der Waals surface area contributed by atoms with Crippen LogP contribution in [0.15, 0.2) is 59.0 Å². The fourth-order valence-corrected chi connectivity index (χ4v) is 5.64. The summed E-state index contributed by atoms with van der Waals surface area (Å²) in [5.74, 6) is -0.143. The molecule has 1 saturated carbocycles. The van der Waals surface area contributed by atoms with E-state index in [9.17, 15) is 14.4 Å². The van der Waals surface area contributed by atoms with Gasteiger partial charge in [0.15, 0.2) is 17.4 Å². The number of ketones is 1. The second kappa shape index (κ2) is 10.3. The molecule has 0 bridgehead atoms. The predicted octanol–water partition coefficient (Wildman–Crippen LogP) is 3.01. The molecule has 4 aromatic rings. The minimum atomic E-state index is -1.09. The number of carbonyl (C=O) groups is 3. The normalized spacial score (nSPS) is 19.1. The van der Waals surface area contributed by atoms with Crippen molar-refractivity contribution in [1.29, 1.82) is 0 Å². The summed E-state index contributed by atoms with van der Waals surface area (Å²) in [4.78, 5) is 42.1. The lowest BCUT2D eigenvalue weighted by atomic mass is 9.80. The van der Waals surface area contributed by atoms with Crippen molar-refractivity contribution in [3.63, 3.8) is 0 Å². The van der Waals surface area contributed by atoms with Gasteiger partial charge in [-0.05, 0) is 54.0 Å². The maximum absolute atomic E-state index is 13.7. The van der Waals surface area contributed by atoms with Crippen LogP contribution in [0.25, 0.3) is 22.4 Å². The first kappa shape index (κ1) is 24.8. The third-order valence-corrected chi connectivity index (χ3v) is 7.72. The Morgan fingerprint density at radius 2 is 1.85 bits per heavy atom. The number of Topliss-reactive ketones (excluding diaryl/α,β-unsaturated/α-hetero) is 1. The van der Waals surface area contributed by atoms with Gasteiger partial charge in [-0.25, -0.2) is 5.10 Å². The molecule has 2 aromatic heterocycles. The van der Waals surface area contributed by atoms with Gasteiger partial charge in [0.2, 0.25) is 5.91 Å². The van der Waals surface area contributed by atoms with E-state index in [0.717, 1.165) is 35.9 Å². The Bertz CT molecular complexity index is 1470. The Labute approximate surface area is 224 Å². The Kier molecular flexibility index (Phi) is 6.55. The SMILES string of the molecule is O=C(NC1(C(=O)NC2CCN(c3ccccc3-c3nnn[nH]3)CC2=O)CCCCC1)c1cc2ccccc2o1. The fourth-order valence-electron chi connectivity index (χ4n) is 5.64. The van der Waals surface area contributed by atoms with Gasteiger partial charge in [-0.2, -0.15) is 0 Å². The predicted molar refractivity (Wildman–Crippen MR) is 143 cm³/mol. The van der Waals surface area contributed by atoms with Gasteiger partial charge in [0.25, 0.3) is 5.91 Å². The summed E-state index contributed by atoms with van der Waals surface area (Å²) in [5, 5.41) is 20.9. The average molecular weight is 528 g/mol. The van der Waals surface area contributed by atoms with E-state index in [1.807, 2.05) is 47.4 Å². The molecular formula is C28H29N7O4. The summed E-state index contributed by atoms with van der Waals surface area (Å²) in [6, 6.07) is 16.1. The summed E-state index contributed by atoms with van der Waals surface area (Å²) in [6.07, 6.45) is 4.09. The lowest BCUT2D eigenvalue weighted by Crippen LogP contribution is -2.63. The van der Waals surface area contributed by atoms with Crippen molar-refractivity contribution < 1.29 is 18.8 Å². The lowest BCUT2D eigenvalue weighted by Gasteiger charge is -2.39. The number of anilines is 1. The van der Waals surface area contributed by atoms with Crippen LogP contribution < -0.4 is 15.5 Å². The van der Waals surface area contributed by atoms with Crippen LogP contribution in [0.5, 0.6) is 0 Å². The monoisotopic (exact) mass is 527 g/mol. The first-order chi connectivity index (χ1) is 19.0. The lowest BCUT2D eigenvalue weighted by molar-refractivity contribution is -0.133. The Morgan fingerprint density at radius 1 is 1.05 bits per heavy atom. The molecule has 1 aliphatic carbocycles. The molecule has 39 heavy (non-hydrogen) atoms. The highest BCUT2D eigenvalue weighted by Crippen LogP contribution is 2.32. The first-order valence-corrected chi connectivity index (χ1v) is 13.3. The van der Waals surface area contributed by atoms with Crippen LogP contribution in [0.2, 0.25) is 0 Å². The minimum Gasteiger partial charge on any atom is -0.451 e. The third-order valence-electron chi connectivity index (χ3n) is 7.72. The molecule has 2 fully saturated rings. The Hall–Kier alpha value is -4.54. The van der Waals surface area contributed by atoms with Crippen molar-refractivity contribution >= 4 is 34.3 Å².